The molecule has 0 aliphatic heterocycles. The topological polar surface area (TPSA) is 62.4 Å². The molecule has 0 spiro atoms. The van der Waals surface area contributed by atoms with Crippen molar-refractivity contribution in [2.24, 2.45) is 10.8 Å². The second-order valence-corrected chi connectivity index (χ2v) is 4.50. The maximum atomic E-state index is 5.51. The van der Waals surface area contributed by atoms with Crippen molar-refractivity contribution in [3.05, 3.63) is 29.3 Å². The normalized spacial score (nSPS) is 11.8. The minimum Gasteiger partial charge on any atom is -0.325 e. The molecule has 0 radical (unpaired) electrons. The van der Waals surface area contributed by atoms with E-state index in [-0.39, 0.29) is 6.04 Å². The zero-order chi connectivity index (χ0) is 13.5. The average molecular weight is 248 g/mol. The Labute approximate surface area is 110 Å². The molecule has 1 aromatic rings. The average Bonchev–Trinajstić information content (AvgIpc) is 2.37. The second kappa shape index (κ2) is 7.01. The van der Waals surface area contributed by atoms with Crippen LogP contribution >= 0.6 is 0 Å². The van der Waals surface area contributed by atoms with Crippen LogP contribution in [0.4, 0.5) is 5.69 Å². The SMILES string of the molecule is CCc1cccc(CC)c1NC(=NC(C)C)NN. The molecule has 0 amide bonds. The van der Waals surface area contributed by atoms with Crippen LogP contribution in [0.15, 0.2) is 23.2 Å². The number of rotatable bonds is 4. The summed E-state index contributed by atoms with van der Waals surface area (Å²) in [4.78, 5) is 4.41. The fourth-order valence-electron chi connectivity index (χ4n) is 1.89. The lowest BCUT2D eigenvalue weighted by Gasteiger charge is -2.17. The first kappa shape index (κ1) is 14.5. The number of hydrogen-bond acceptors (Lipinski definition) is 2. The Hall–Kier alpha value is -1.55. The summed E-state index contributed by atoms with van der Waals surface area (Å²) in [7, 11) is 0. The van der Waals surface area contributed by atoms with Crippen LogP contribution in [0.2, 0.25) is 0 Å². The zero-order valence-electron chi connectivity index (χ0n) is 11.7. The summed E-state index contributed by atoms with van der Waals surface area (Å²) in [6, 6.07) is 6.55. The van der Waals surface area contributed by atoms with Crippen LogP contribution in [-0.4, -0.2) is 12.0 Å². The van der Waals surface area contributed by atoms with E-state index in [2.05, 4.69) is 47.8 Å². The van der Waals surface area contributed by atoms with Crippen molar-refractivity contribution < 1.29 is 0 Å². The highest BCUT2D eigenvalue weighted by Crippen LogP contribution is 2.22. The van der Waals surface area contributed by atoms with Crippen LogP contribution in [0, 0.1) is 0 Å². The molecule has 0 saturated carbocycles. The van der Waals surface area contributed by atoms with Gasteiger partial charge in [0.15, 0.2) is 0 Å². The summed E-state index contributed by atoms with van der Waals surface area (Å²) in [5, 5.41) is 3.31. The molecule has 4 N–H and O–H groups in total. The van der Waals surface area contributed by atoms with Gasteiger partial charge in [-0.2, -0.15) is 0 Å². The smallest absolute Gasteiger partial charge is 0.210 e. The standard InChI is InChI=1S/C14H24N4/c1-5-11-8-7-9-12(6-2)13(11)17-14(18-15)16-10(3)4/h7-10H,5-6,15H2,1-4H3,(H2,16,17,18). The van der Waals surface area contributed by atoms with E-state index < -0.39 is 0 Å². The van der Waals surface area contributed by atoms with Crippen molar-refractivity contribution in [1.29, 1.82) is 0 Å². The second-order valence-electron chi connectivity index (χ2n) is 4.50. The van der Waals surface area contributed by atoms with Gasteiger partial charge in [0, 0.05) is 11.7 Å². The first-order chi connectivity index (χ1) is 8.62. The number of nitrogens with one attached hydrogen (secondary N) is 2. The predicted octanol–water partition coefficient (Wildman–Crippen LogP) is 2.45. The predicted molar refractivity (Wildman–Crippen MR) is 78.7 cm³/mol. The number of aliphatic imine (C=N–C) groups is 1. The van der Waals surface area contributed by atoms with Crippen LogP contribution in [0.3, 0.4) is 0 Å². The van der Waals surface area contributed by atoms with Crippen molar-refractivity contribution in [2.45, 2.75) is 46.6 Å². The van der Waals surface area contributed by atoms with Gasteiger partial charge in [0.1, 0.15) is 0 Å². The van der Waals surface area contributed by atoms with Gasteiger partial charge in [-0.25, -0.2) is 10.8 Å². The van der Waals surface area contributed by atoms with Crippen LogP contribution in [-0.2, 0) is 12.8 Å². The number of guanidine groups is 1. The van der Waals surface area contributed by atoms with E-state index >= 15 is 0 Å². The third kappa shape index (κ3) is 3.74. The van der Waals surface area contributed by atoms with Gasteiger partial charge < -0.3 is 5.32 Å². The van der Waals surface area contributed by atoms with Crippen LogP contribution in [0.1, 0.15) is 38.8 Å². The van der Waals surface area contributed by atoms with E-state index in [1.807, 2.05) is 13.8 Å². The molecular formula is C14H24N4. The molecule has 1 aromatic carbocycles. The van der Waals surface area contributed by atoms with Gasteiger partial charge in [-0.05, 0) is 37.8 Å². The molecular weight excluding hydrogens is 224 g/mol. The molecule has 0 saturated heterocycles. The summed E-state index contributed by atoms with van der Waals surface area (Å²) >= 11 is 0. The maximum Gasteiger partial charge on any atom is 0.210 e. The van der Waals surface area contributed by atoms with Crippen LogP contribution in [0.25, 0.3) is 0 Å². The van der Waals surface area contributed by atoms with E-state index in [9.17, 15) is 0 Å². The quantitative estimate of drug-likeness (QED) is 0.332. The Balaban J connectivity index is 3.08. The van der Waals surface area contributed by atoms with Gasteiger partial charge in [-0.15, -0.1) is 0 Å². The van der Waals surface area contributed by atoms with Gasteiger partial charge in [0.05, 0.1) is 0 Å². The van der Waals surface area contributed by atoms with Gasteiger partial charge in [-0.1, -0.05) is 32.0 Å². The van der Waals surface area contributed by atoms with E-state index in [1.54, 1.807) is 0 Å². The lowest BCUT2D eigenvalue weighted by molar-refractivity contribution is 0.818. The van der Waals surface area contributed by atoms with E-state index in [0.29, 0.717) is 5.96 Å². The summed E-state index contributed by atoms with van der Waals surface area (Å²) in [5.74, 6) is 6.12. The minimum absolute atomic E-state index is 0.197. The highest BCUT2D eigenvalue weighted by Gasteiger charge is 2.08. The summed E-state index contributed by atoms with van der Waals surface area (Å²) in [6.45, 7) is 8.33. The van der Waals surface area contributed by atoms with Gasteiger partial charge in [0.2, 0.25) is 5.96 Å². The Morgan fingerprint density at radius 2 is 1.78 bits per heavy atom. The molecule has 0 aliphatic rings. The van der Waals surface area contributed by atoms with E-state index in [4.69, 9.17) is 5.84 Å². The number of para-hydroxylation sites is 1. The van der Waals surface area contributed by atoms with Crippen molar-refractivity contribution in [1.82, 2.24) is 5.43 Å². The molecule has 0 aliphatic carbocycles. The number of aryl methyl sites for hydroxylation is 2. The fourth-order valence-corrected chi connectivity index (χ4v) is 1.89. The lowest BCUT2D eigenvalue weighted by Crippen LogP contribution is -2.37. The molecule has 100 valence electrons. The number of hydrogen-bond donors (Lipinski definition) is 3. The summed E-state index contributed by atoms with van der Waals surface area (Å²) in [5.41, 5.74) is 6.31. The summed E-state index contributed by atoms with van der Waals surface area (Å²) in [6.07, 6.45) is 1.96. The highest BCUT2D eigenvalue weighted by atomic mass is 15.3. The molecule has 0 heterocycles. The molecule has 0 fully saturated rings. The van der Waals surface area contributed by atoms with Crippen molar-refractivity contribution >= 4 is 11.6 Å². The molecule has 0 bridgehead atoms. The Morgan fingerprint density at radius 3 is 2.17 bits per heavy atom. The first-order valence-electron chi connectivity index (χ1n) is 6.54. The lowest BCUT2D eigenvalue weighted by atomic mass is 10.0. The third-order valence-electron chi connectivity index (χ3n) is 2.77. The maximum absolute atomic E-state index is 5.51. The highest BCUT2D eigenvalue weighted by molar-refractivity contribution is 5.94. The minimum atomic E-state index is 0.197. The molecule has 0 unspecified atom stereocenters. The Morgan fingerprint density at radius 1 is 1.22 bits per heavy atom. The van der Waals surface area contributed by atoms with Gasteiger partial charge in [-0.3, -0.25) is 5.43 Å². The Kier molecular flexibility index (Phi) is 5.65. The number of hydrazine groups is 1. The molecule has 4 heteroatoms. The Bertz CT molecular complexity index is 388. The van der Waals surface area contributed by atoms with Gasteiger partial charge >= 0.3 is 0 Å². The number of nitrogens with two attached hydrogens (primary N) is 1. The van der Waals surface area contributed by atoms with E-state index in [1.165, 1.54) is 11.1 Å². The molecule has 0 atom stereocenters. The van der Waals surface area contributed by atoms with Crippen LogP contribution < -0.4 is 16.6 Å². The zero-order valence-corrected chi connectivity index (χ0v) is 11.7. The third-order valence-corrected chi connectivity index (χ3v) is 2.77. The van der Waals surface area contributed by atoms with Crippen molar-refractivity contribution in [2.75, 3.05) is 5.32 Å². The monoisotopic (exact) mass is 248 g/mol. The molecule has 4 nitrogen and oxygen atoms in total. The van der Waals surface area contributed by atoms with Crippen LogP contribution in [0.5, 0.6) is 0 Å². The van der Waals surface area contributed by atoms with Crippen molar-refractivity contribution in [3.63, 3.8) is 0 Å². The molecule has 0 aromatic heterocycles. The molecule has 18 heavy (non-hydrogen) atoms. The first-order valence-corrected chi connectivity index (χ1v) is 6.54. The van der Waals surface area contributed by atoms with Gasteiger partial charge in [0.25, 0.3) is 0 Å². The summed E-state index contributed by atoms with van der Waals surface area (Å²) < 4.78 is 0. The van der Waals surface area contributed by atoms with E-state index in [0.717, 1.165) is 18.5 Å². The largest absolute Gasteiger partial charge is 0.325 e. The number of anilines is 1. The van der Waals surface area contributed by atoms with Crippen molar-refractivity contribution in [3.8, 4) is 0 Å². The number of benzene rings is 1. The fraction of sp³-hybridized carbons (Fsp3) is 0.500. The number of nitrogens with zero attached hydrogens (tertiary/aromatic N) is 1. The molecule has 1 rings (SSSR count).